The Morgan fingerprint density at radius 1 is 1.43 bits per heavy atom. The summed E-state index contributed by atoms with van der Waals surface area (Å²) in [6.45, 7) is 4.71. The normalized spacial score (nSPS) is 11.6. The van der Waals surface area contributed by atoms with Gasteiger partial charge in [-0.05, 0) is 26.8 Å². The number of esters is 1. The third-order valence-corrected chi connectivity index (χ3v) is 3.99. The van der Waals surface area contributed by atoms with Gasteiger partial charge in [-0.2, -0.15) is 4.72 Å². The molecular weight excluding hydrogens is 300 g/mol. The van der Waals surface area contributed by atoms with E-state index in [1.165, 1.54) is 10.8 Å². The number of carbonyl (C=O) groups is 2. The second-order valence-electron chi connectivity index (χ2n) is 4.50. The van der Waals surface area contributed by atoms with Crippen LogP contribution in [0.4, 0.5) is 0 Å². The first-order valence-electron chi connectivity index (χ1n) is 6.29. The fourth-order valence-corrected chi connectivity index (χ4v) is 2.64. The summed E-state index contributed by atoms with van der Waals surface area (Å²) in [6.07, 6.45) is 1.22. The number of nitrogens with zero attached hydrogens (tertiary/aromatic N) is 1. The van der Waals surface area contributed by atoms with Crippen LogP contribution >= 0.6 is 0 Å². The molecule has 1 aromatic rings. The second-order valence-corrected chi connectivity index (χ2v) is 6.26. The molecule has 0 atom stereocenters. The zero-order chi connectivity index (χ0) is 16.2. The average Bonchev–Trinajstić information content (AvgIpc) is 2.83. The summed E-state index contributed by atoms with van der Waals surface area (Å²) in [7, 11) is -3.98. The standard InChI is InChI=1S/C12H18N2O6S/c1-4-20-11(15)6-13-21(18,19)9-5-10(12(16)17)14(7-9)8(2)3/h5,7-8,13H,4,6H2,1-3H3,(H,16,17). The fraction of sp³-hybridized carbons (Fsp3) is 0.500. The third-order valence-electron chi connectivity index (χ3n) is 2.62. The van der Waals surface area contributed by atoms with E-state index in [9.17, 15) is 18.0 Å². The molecule has 0 aliphatic carbocycles. The predicted molar refractivity (Wildman–Crippen MR) is 73.6 cm³/mol. The van der Waals surface area contributed by atoms with Crippen LogP contribution in [0.25, 0.3) is 0 Å². The van der Waals surface area contributed by atoms with Gasteiger partial charge in [-0.3, -0.25) is 4.79 Å². The monoisotopic (exact) mass is 318 g/mol. The van der Waals surface area contributed by atoms with Crippen LogP contribution in [0.2, 0.25) is 0 Å². The van der Waals surface area contributed by atoms with Crippen LogP contribution < -0.4 is 4.72 Å². The lowest BCUT2D eigenvalue weighted by atomic mass is 10.3. The van der Waals surface area contributed by atoms with Crippen LogP contribution in [-0.2, 0) is 19.6 Å². The van der Waals surface area contributed by atoms with Gasteiger partial charge in [0.2, 0.25) is 10.0 Å². The van der Waals surface area contributed by atoms with Crippen LogP contribution in [0.1, 0.15) is 37.3 Å². The van der Waals surface area contributed by atoms with E-state index in [2.05, 4.69) is 9.46 Å². The molecule has 0 unspecified atom stereocenters. The highest BCUT2D eigenvalue weighted by Crippen LogP contribution is 2.18. The van der Waals surface area contributed by atoms with Gasteiger partial charge in [-0.25, -0.2) is 13.2 Å². The van der Waals surface area contributed by atoms with Gasteiger partial charge in [0.1, 0.15) is 17.1 Å². The Labute approximate surface area is 122 Å². The molecule has 0 saturated carbocycles. The minimum atomic E-state index is -3.98. The van der Waals surface area contributed by atoms with Gasteiger partial charge in [0.25, 0.3) is 0 Å². The maximum atomic E-state index is 12.0. The van der Waals surface area contributed by atoms with Gasteiger partial charge in [0, 0.05) is 12.2 Å². The van der Waals surface area contributed by atoms with Gasteiger partial charge in [0.15, 0.2) is 0 Å². The number of carbonyl (C=O) groups excluding carboxylic acids is 1. The first-order valence-corrected chi connectivity index (χ1v) is 7.77. The van der Waals surface area contributed by atoms with Crippen molar-refractivity contribution in [2.24, 2.45) is 0 Å². The molecule has 0 bridgehead atoms. The van der Waals surface area contributed by atoms with Gasteiger partial charge >= 0.3 is 11.9 Å². The maximum absolute atomic E-state index is 12.0. The Bertz CT molecular complexity index is 632. The minimum absolute atomic E-state index is 0.137. The molecule has 1 rings (SSSR count). The van der Waals surface area contributed by atoms with Crippen molar-refractivity contribution in [3.8, 4) is 0 Å². The smallest absolute Gasteiger partial charge is 0.352 e. The summed E-state index contributed by atoms with van der Waals surface area (Å²) >= 11 is 0. The van der Waals surface area contributed by atoms with Crippen LogP contribution in [0.3, 0.4) is 0 Å². The van der Waals surface area contributed by atoms with E-state index in [0.29, 0.717) is 0 Å². The van der Waals surface area contributed by atoms with Crippen molar-refractivity contribution in [2.45, 2.75) is 31.7 Å². The van der Waals surface area contributed by atoms with Gasteiger partial charge < -0.3 is 14.4 Å². The quantitative estimate of drug-likeness (QED) is 0.712. The second kappa shape index (κ2) is 6.72. The fourth-order valence-electron chi connectivity index (χ4n) is 1.65. The molecule has 9 heteroatoms. The number of nitrogens with one attached hydrogen (secondary N) is 1. The van der Waals surface area contributed by atoms with Crippen molar-refractivity contribution < 1.29 is 27.9 Å². The van der Waals surface area contributed by atoms with Crippen molar-refractivity contribution in [1.82, 2.24) is 9.29 Å². The summed E-state index contributed by atoms with van der Waals surface area (Å²) in [5.41, 5.74) is -0.137. The summed E-state index contributed by atoms with van der Waals surface area (Å²) in [5.74, 6) is -1.93. The summed E-state index contributed by atoms with van der Waals surface area (Å²) in [4.78, 5) is 22.1. The lowest BCUT2D eigenvalue weighted by Gasteiger charge is -2.09. The molecule has 8 nitrogen and oxygen atoms in total. The number of aromatic carboxylic acids is 1. The van der Waals surface area contributed by atoms with E-state index >= 15 is 0 Å². The molecule has 0 spiro atoms. The Morgan fingerprint density at radius 2 is 2.05 bits per heavy atom. The Kier molecular flexibility index (Phi) is 5.50. The van der Waals surface area contributed by atoms with Crippen molar-refractivity contribution in [1.29, 1.82) is 0 Å². The van der Waals surface area contributed by atoms with E-state index in [0.717, 1.165) is 6.07 Å². The molecule has 118 valence electrons. The molecule has 0 radical (unpaired) electrons. The maximum Gasteiger partial charge on any atom is 0.352 e. The van der Waals surface area contributed by atoms with E-state index in [1.807, 2.05) is 0 Å². The van der Waals surface area contributed by atoms with E-state index in [1.54, 1.807) is 20.8 Å². The first kappa shape index (κ1) is 17.2. The number of sulfonamides is 1. The molecule has 2 N–H and O–H groups in total. The van der Waals surface area contributed by atoms with Gasteiger partial charge in [0.05, 0.1) is 6.61 Å². The van der Waals surface area contributed by atoms with Crippen molar-refractivity contribution in [3.63, 3.8) is 0 Å². The first-order chi connectivity index (χ1) is 9.69. The number of ether oxygens (including phenoxy) is 1. The number of rotatable bonds is 7. The van der Waals surface area contributed by atoms with Crippen molar-refractivity contribution >= 4 is 22.0 Å². The largest absolute Gasteiger partial charge is 0.477 e. The molecule has 0 aliphatic heterocycles. The number of hydrogen-bond acceptors (Lipinski definition) is 5. The zero-order valence-corrected chi connectivity index (χ0v) is 12.8. The number of aromatic nitrogens is 1. The van der Waals surface area contributed by atoms with Crippen LogP contribution in [0.15, 0.2) is 17.2 Å². The highest BCUT2D eigenvalue weighted by atomic mass is 32.2. The van der Waals surface area contributed by atoms with Crippen molar-refractivity contribution in [2.75, 3.05) is 13.2 Å². The molecule has 0 saturated heterocycles. The van der Waals surface area contributed by atoms with Gasteiger partial charge in [-0.1, -0.05) is 0 Å². The number of carboxylic acid groups (broad SMARTS) is 1. The third kappa shape index (κ3) is 4.30. The highest BCUT2D eigenvalue weighted by molar-refractivity contribution is 7.89. The minimum Gasteiger partial charge on any atom is -0.477 e. The zero-order valence-electron chi connectivity index (χ0n) is 12.0. The van der Waals surface area contributed by atoms with E-state index in [-0.39, 0.29) is 23.2 Å². The summed E-state index contributed by atoms with van der Waals surface area (Å²) in [6, 6.07) is 0.834. The summed E-state index contributed by atoms with van der Waals surface area (Å²) in [5, 5.41) is 9.07. The lowest BCUT2D eigenvalue weighted by molar-refractivity contribution is -0.141. The SMILES string of the molecule is CCOC(=O)CNS(=O)(=O)c1cc(C(=O)O)n(C(C)C)c1. The van der Waals surface area contributed by atoms with E-state index in [4.69, 9.17) is 5.11 Å². The average molecular weight is 318 g/mol. The molecule has 0 amide bonds. The van der Waals surface area contributed by atoms with Crippen LogP contribution in [0, 0.1) is 0 Å². The molecule has 21 heavy (non-hydrogen) atoms. The van der Waals surface area contributed by atoms with Crippen molar-refractivity contribution in [3.05, 3.63) is 18.0 Å². The topological polar surface area (TPSA) is 115 Å². The molecule has 1 aromatic heterocycles. The molecular formula is C12H18N2O6S. The molecule has 0 fully saturated rings. The van der Waals surface area contributed by atoms with E-state index < -0.39 is 28.5 Å². The molecule has 1 heterocycles. The Morgan fingerprint density at radius 3 is 2.48 bits per heavy atom. The Balaban J connectivity index is 3.01. The molecule has 0 aliphatic rings. The van der Waals surface area contributed by atoms with Crippen LogP contribution in [0.5, 0.6) is 0 Å². The Hall–Kier alpha value is -1.87. The van der Waals surface area contributed by atoms with Gasteiger partial charge in [-0.15, -0.1) is 0 Å². The number of carboxylic acids is 1. The van der Waals surface area contributed by atoms with Crippen LogP contribution in [-0.4, -0.2) is 43.2 Å². The lowest BCUT2D eigenvalue weighted by Crippen LogP contribution is -2.30. The summed E-state index contributed by atoms with van der Waals surface area (Å²) < 4.78 is 32.1. The highest BCUT2D eigenvalue weighted by Gasteiger charge is 2.23. The molecule has 0 aromatic carbocycles. The number of hydrogen-bond donors (Lipinski definition) is 2. The predicted octanol–water partition coefficient (Wildman–Crippen LogP) is 0.609.